The molecule has 1 aliphatic rings. The topological polar surface area (TPSA) is 82.8 Å². The summed E-state index contributed by atoms with van der Waals surface area (Å²) in [7, 11) is 1.71. The van der Waals surface area contributed by atoms with Crippen molar-refractivity contribution in [3.63, 3.8) is 0 Å². The first kappa shape index (κ1) is 22.1. The Hall–Kier alpha value is -2.15. The van der Waals surface area contributed by atoms with Gasteiger partial charge in [0.15, 0.2) is 5.96 Å². The number of primary amides is 1. The van der Waals surface area contributed by atoms with Crippen LogP contribution in [0, 0.1) is 11.7 Å². The Kier molecular flexibility index (Phi) is 9.20. The van der Waals surface area contributed by atoms with Crippen molar-refractivity contribution < 1.29 is 9.18 Å². The zero-order chi connectivity index (χ0) is 20.4. The first-order valence-corrected chi connectivity index (χ1v) is 10.3. The number of nitrogens with one attached hydrogen (secondary N) is 2. The van der Waals surface area contributed by atoms with E-state index in [4.69, 9.17) is 5.73 Å². The molecule has 28 heavy (non-hydrogen) atoms. The molecule has 0 bridgehead atoms. The molecule has 2 unspecified atom stereocenters. The van der Waals surface area contributed by atoms with Gasteiger partial charge in [0, 0.05) is 32.7 Å². The number of nitrogens with two attached hydrogens (primary N) is 1. The summed E-state index contributed by atoms with van der Waals surface area (Å²) >= 11 is 0. The average Bonchev–Trinajstić information content (AvgIpc) is 2.71. The molecule has 0 saturated carbocycles. The molecule has 1 saturated heterocycles. The maximum Gasteiger partial charge on any atom is 0.222 e. The number of nitrogens with zero attached hydrogens (tertiary/aromatic N) is 2. The molecule has 1 aromatic carbocycles. The number of guanidine groups is 1. The number of piperidine rings is 1. The fraction of sp³-hybridized carbons (Fsp3) is 0.619. The van der Waals surface area contributed by atoms with E-state index < -0.39 is 5.92 Å². The fourth-order valence-corrected chi connectivity index (χ4v) is 3.75. The van der Waals surface area contributed by atoms with Gasteiger partial charge in [0.2, 0.25) is 5.91 Å². The highest BCUT2D eigenvalue weighted by atomic mass is 19.1. The lowest BCUT2D eigenvalue weighted by atomic mass is 9.98. The van der Waals surface area contributed by atoms with E-state index in [0.717, 1.165) is 25.2 Å². The van der Waals surface area contributed by atoms with Crippen molar-refractivity contribution in [2.45, 2.75) is 45.1 Å². The van der Waals surface area contributed by atoms with Crippen LogP contribution in [0.3, 0.4) is 0 Å². The van der Waals surface area contributed by atoms with Crippen LogP contribution in [0.5, 0.6) is 0 Å². The summed E-state index contributed by atoms with van der Waals surface area (Å²) in [5.41, 5.74) is 6.43. The highest BCUT2D eigenvalue weighted by molar-refractivity contribution is 5.81. The number of aliphatic imine (C=N–C) groups is 1. The molecule has 7 heteroatoms. The Balaban J connectivity index is 1.78. The number of likely N-dealkylation sites (tertiary alicyclic amines) is 1. The molecular formula is C21H34FN5O. The number of amides is 1. The molecule has 1 aromatic rings. The standard InChI is InChI=1S/C21H34FN5O/c1-3-19-6-4-5-12-27(19)13-11-25-21(24-2)26-15-17(20(23)28)14-16-7-9-18(22)10-8-16/h7-10,17,19H,3-6,11-15H2,1-2H3,(H2,23,28)(H2,24,25,26). The van der Waals surface area contributed by atoms with Crippen LogP contribution in [0.25, 0.3) is 0 Å². The predicted octanol–water partition coefficient (Wildman–Crippen LogP) is 1.90. The minimum Gasteiger partial charge on any atom is -0.369 e. The van der Waals surface area contributed by atoms with E-state index in [1.807, 2.05) is 0 Å². The van der Waals surface area contributed by atoms with Gasteiger partial charge in [-0.1, -0.05) is 25.5 Å². The van der Waals surface area contributed by atoms with E-state index in [9.17, 15) is 9.18 Å². The van der Waals surface area contributed by atoms with Crippen LogP contribution in [0.1, 0.15) is 38.2 Å². The summed E-state index contributed by atoms with van der Waals surface area (Å²) < 4.78 is 13.1. The Morgan fingerprint density at radius 1 is 1.32 bits per heavy atom. The highest BCUT2D eigenvalue weighted by Crippen LogP contribution is 2.18. The number of rotatable bonds is 9. The first-order valence-electron chi connectivity index (χ1n) is 10.3. The Morgan fingerprint density at radius 2 is 2.07 bits per heavy atom. The average molecular weight is 392 g/mol. The molecule has 2 rings (SSSR count). The fourth-order valence-electron chi connectivity index (χ4n) is 3.75. The van der Waals surface area contributed by atoms with Gasteiger partial charge in [0.1, 0.15) is 5.82 Å². The van der Waals surface area contributed by atoms with Gasteiger partial charge >= 0.3 is 0 Å². The summed E-state index contributed by atoms with van der Waals surface area (Å²) in [6.45, 7) is 5.58. The molecule has 1 aliphatic heterocycles. The zero-order valence-electron chi connectivity index (χ0n) is 17.1. The van der Waals surface area contributed by atoms with Crippen molar-refractivity contribution >= 4 is 11.9 Å². The van der Waals surface area contributed by atoms with Crippen molar-refractivity contribution in [1.82, 2.24) is 15.5 Å². The smallest absolute Gasteiger partial charge is 0.222 e. The molecule has 6 nitrogen and oxygen atoms in total. The molecule has 1 fully saturated rings. The SMILES string of the molecule is CCC1CCCCN1CCNC(=NC)NCC(Cc1ccc(F)cc1)C(N)=O. The van der Waals surface area contributed by atoms with Gasteiger partial charge in [0.05, 0.1) is 5.92 Å². The minimum atomic E-state index is -0.393. The lowest BCUT2D eigenvalue weighted by Crippen LogP contribution is -2.47. The molecule has 2 atom stereocenters. The van der Waals surface area contributed by atoms with E-state index in [2.05, 4.69) is 27.4 Å². The van der Waals surface area contributed by atoms with Gasteiger partial charge in [0.25, 0.3) is 0 Å². The normalized spacial score (nSPS) is 19.2. The number of hydrogen-bond acceptors (Lipinski definition) is 3. The van der Waals surface area contributed by atoms with Crippen molar-refractivity contribution in [2.75, 3.05) is 33.2 Å². The van der Waals surface area contributed by atoms with E-state index >= 15 is 0 Å². The van der Waals surface area contributed by atoms with Gasteiger partial charge in [-0.2, -0.15) is 0 Å². The van der Waals surface area contributed by atoms with Crippen LogP contribution in [-0.2, 0) is 11.2 Å². The van der Waals surface area contributed by atoms with Crippen molar-refractivity contribution in [3.8, 4) is 0 Å². The third kappa shape index (κ3) is 7.11. The molecule has 0 aliphatic carbocycles. The van der Waals surface area contributed by atoms with Gasteiger partial charge in [-0.3, -0.25) is 14.7 Å². The van der Waals surface area contributed by atoms with Gasteiger partial charge < -0.3 is 16.4 Å². The monoisotopic (exact) mass is 391 g/mol. The summed E-state index contributed by atoms with van der Waals surface area (Å²) in [6, 6.07) is 6.83. The van der Waals surface area contributed by atoms with E-state index in [1.54, 1.807) is 19.2 Å². The van der Waals surface area contributed by atoms with E-state index in [-0.39, 0.29) is 11.7 Å². The third-order valence-electron chi connectivity index (χ3n) is 5.45. The van der Waals surface area contributed by atoms with Crippen molar-refractivity contribution in [2.24, 2.45) is 16.6 Å². The van der Waals surface area contributed by atoms with Crippen molar-refractivity contribution in [1.29, 1.82) is 0 Å². The summed E-state index contributed by atoms with van der Waals surface area (Å²) in [5.74, 6) is -0.404. The molecule has 0 radical (unpaired) electrons. The number of carbonyl (C=O) groups is 1. The van der Waals surface area contributed by atoms with Crippen LogP contribution >= 0.6 is 0 Å². The minimum absolute atomic E-state index is 0.291. The Bertz CT molecular complexity index is 634. The molecule has 156 valence electrons. The number of benzene rings is 1. The Labute approximate surface area is 167 Å². The summed E-state index contributed by atoms with van der Waals surface area (Å²) in [5, 5.41) is 6.51. The van der Waals surface area contributed by atoms with Gasteiger partial charge in [-0.25, -0.2) is 4.39 Å². The lowest BCUT2D eigenvalue weighted by molar-refractivity contribution is -0.121. The molecule has 4 N–H and O–H groups in total. The third-order valence-corrected chi connectivity index (χ3v) is 5.45. The number of halogens is 1. The number of hydrogen-bond donors (Lipinski definition) is 3. The van der Waals surface area contributed by atoms with Crippen molar-refractivity contribution in [3.05, 3.63) is 35.6 Å². The quantitative estimate of drug-likeness (QED) is 0.444. The number of carbonyl (C=O) groups excluding carboxylic acids is 1. The second kappa shape index (κ2) is 11.6. The van der Waals surface area contributed by atoms with Crippen LogP contribution in [-0.4, -0.2) is 56.0 Å². The van der Waals surface area contributed by atoms with Gasteiger partial charge in [-0.05, 0) is 49.9 Å². The lowest BCUT2D eigenvalue weighted by Gasteiger charge is -2.35. The van der Waals surface area contributed by atoms with Crippen LogP contribution in [0.4, 0.5) is 4.39 Å². The Morgan fingerprint density at radius 3 is 2.71 bits per heavy atom. The second-order valence-corrected chi connectivity index (χ2v) is 7.40. The molecule has 0 spiro atoms. The second-order valence-electron chi connectivity index (χ2n) is 7.40. The predicted molar refractivity (Wildman–Crippen MR) is 112 cm³/mol. The molecule has 0 aromatic heterocycles. The maximum absolute atomic E-state index is 13.1. The van der Waals surface area contributed by atoms with Crippen LogP contribution < -0.4 is 16.4 Å². The summed E-state index contributed by atoms with van der Waals surface area (Å²) in [4.78, 5) is 18.6. The highest BCUT2D eigenvalue weighted by Gasteiger charge is 2.20. The largest absolute Gasteiger partial charge is 0.369 e. The van der Waals surface area contributed by atoms with E-state index in [1.165, 1.54) is 37.8 Å². The molecule has 1 heterocycles. The van der Waals surface area contributed by atoms with Gasteiger partial charge in [-0.15, -0.1) is 0 Å². The molecule has 1 amide bonds. The van der Waals surface area contributed by atoms with E-state index in [0.29, 0.717) is 25.0 Å². The maximum atomic E-state index is 13.1. The summed E-state index contributed by atoms with van der Waals surface area (Å²) in [6.07, 6.45) is 5.54. The van der Waals surface area contributed by atoms with Crippen LogP contribution in [0.2, 0.25) is 0 Å². The van der Waals surface area contributed by atoms with Crippen LogP contribution in [0.15, 0.2) is 29.3 Å². The first-order chi connectivity index (χ1) is 13.5. The molecular weight excluding hydrogens is 357 g/mol. The zero-order valence-corrected chi connectivity index (χ0v) is 17.1.